The molecule has 0 aliphatic heterocycles. The van der Waals surface area contributed by atoms with Crippen molar-refractivity contribution in [1.29, 1.82) is 0 Å². The smallest absolute Gasteiger partial charge is 0.294 e. The Morgan fingerprint density at radius 3 is 2.09 bits per heavy atom. The van der Waals surface area contributed by atoms with Gasteiger partial charge in [-0.2, -0.15) is 8.42 Å². The fourth-order valence-corrected chi connectivity index (χ4v) is 5.22. The predicted octanol–water partition coefficient (Wildman–Crippen LogP) is 4.24. The normalized spacial score (nSPS) is 12.0. The average molecular weight is 507 g/mol. The van der Waals surface area contributed by atoms with Crippen molar-refractivity contribution < 1.29 is 26.5 Å². The first-order chi connectivity index (χ1) is 15.6. The zero-order chi connectivity index (χ0) is 23.8. The molecule has 169 valence electrons. The van der Waals surface area contributed by atoms with E-state index in [1.54, 1.807) is 30.3 Å². The fraction of sp³-hybridized carbons (Fsp3) is 0. The number of nitrogens with two attached hydrogens (primary N) is 1. The van der Waals surface area contributed by atoms with Crippen LogP contribution in [0.2, 0.25) is 0 Å². The minimum Gasteiger partial charge on any atom is -0.507 e. The van der Waals surface area contributed by atoms with Crippen molar-refractivity contribution in [2.75, 3.05) is 5.73 Å². The molecule has 1 radical (unpaired) electrons. The van der Waals surface area contributed by atoms with Crippen molar-refractivity contribution in [3.05, 3.63) is 78.9 Å². The Morgan fingerprint density at radius 1 is 0.765 bits per heavy atom. The third kappa shape index (κ3) is 4.99. The number of hydrogen-bond donors (Lipinski definition) is 3. The number of azo groups is 1. The maximum atomic E-state index is 13.1. The number of nitrogen functional groups attached to an aromatic ring is 1. The molecule has 0 amide bonds. The number of fused-ring (bicyclic) bond motifs is 1. The van der Waals surface area contributed by atoms with Crippen LogP contribution in [0.15, 0.2) is 104 Å². The van der Waals surface area contributed by atoms with Crippen LogP contribution < -0.4 is 5.73 Å². The largest absolute Gasteiger partial charge is 0.507 e. The molecule has 0 aliphatic rings. The van der Waals surface area contributed by atoms with Gasteiger partial charge < -0.3 is 10.8 Å². The second kappa shape index (κ2) is 9.82. The molecule has 0 fully saturated rings. The first kappa shape index (κ1) is 25.8. The van der Waals surface area contributed by atoms with E-state index in [1.165, 1.54) is 36.4 Å². The number of aromatic hydroxyl groups is 1. The molecule has 0 saturated carbocycles. The number of sulfone groups is 1. The SMILES string of the molecule is Nc1ccc2cc(S(=O)(=O)O)cc(O)c2c1N=Nc1ccccc1S(=O)(=O)c1ccccc1.[Na]. The molecule has 0 atom stereocenters. The maximum absolute atomic E-state index is 13.1. The number of phenolic OH excluding ortho intramolecular Hbond substituents is 1. The van der Waals surface area contributed by atoms with Gasteiger partial charge in [-0.1, -0.05) is 36.4 Å². The summed E-state index contributed by atoms with van der Waals surface area (Å²) in [5.41, 5.74) is 6.18. The van der Waals surface area contributed by atoms with Crippen molar-refractivity contribution >= 4 is 77.3 Å². The summed E-state index contributed by atoms with van der Waals surface area (Å²) in [6.45, 7) is 0. The molecule has 4 N–H and O–H groups in total. The van der Waals surface area contributed by atoms with Crippen LogP contribution in [0.1, 0.15) is 0 Å². The van der Waals surface area contributed by atoms with Gasteiger partial charge in [0.1, 0.15) is 17.1 Å². The van der Waals surface area contributed by atoms with Gasteiger partial charge in [-0.3, -0.25) is 4.55 Å². The van der Waals surface area contributed by atoms with Gasteiger partial charge in [-0.25, -0.2) is 8.42 Å². The van der Waals surface area contributed by atoms with E-state index in [1.807, 2.05) is 0 Å². The van der Waals surface area contributed by atoms with Gasteiger partial charge in [0.25, 0.3) is 10.1 Å². The number of phenols is 1. The Hall–Kier alpha value is -2.80. The molecule has 0 bridgehead atoms. The zero-order valence-corrected chi connectivity index (χ0v) is 21.5. The molecule has 4 rings (SSSR count). The number of benzene rings is 4. The third-order valence-corrected chi connectivity index (χ3v) is 7.49. The van der Waals surface area contributed by atoms with Gasteiger partial charge in [0.05, 0.1) is 25.8 Å². The van der Waals surface area contributed by atoms with Crippen molar-refractivity contribution in [2.45, 2.75) is 14.7 Å². The van der Waals surface area contributed by atoms with Crippen molar-refractivity contribution in [1.82, 2.24) is 0 Å². The van der Waals surface area contributed by atoms with E-state index in [-0.39, 0.29) is 67.2 Å². The molecule has 34 heavy (non-hydrogen) atoms. The molecule has 0 unspecified atom stereocenters. The van der Waals surface area contributed by atoms with Gasteiger partial charge in [0, 0.05) is 35.6 Å². The summed E-state index contributed by atoms with van der Waals surface area (Å²) in [5.74, 6) is -0.494. The van der Waals surface area contributed by atoms with E-state index >= 15 is 0 Å². The van der Waals surface area contributed by atoms with Crippen LogP contribution in [0.25, 0.3) is 10.8 Å². The summed E-state index contributed by atoms with van der Waals surface area (Å²) in [4.78, 5) is -0.483. The van der Waals surface area contributed by atoms with Crippen LogP contribution in [0.3, 0.4) is 0 Å². The van der Waals surface area contributed by atoms with Gasteiger partial charge in [-0.15, -0.1) is 10.2 Å². The summed E-state index contributed by atoms with van der Waals surface area (Å²) in [7, 11) is -8.44. The predicted molar refractivity (Wildman–Crippen MR) is 128 cm³/mol. The van der Waals surface area contributed by atoms with Crippen LogP contribution in [0.4, 0.5) is 17.1 Å². The molecule has 0 aliphatic carbocycles. The van der Waals surface area contributed by atoms with E-state index in [4.69, 9.17) is 5.73 Å². The molecule has 0 heterocycles. The van der Waals surface area contributed by atoms with Crippen LogP contribution in [0, 0.1) is 0 Å². The molecule has 4 aromatic carbocycles. The second-order valence-electron chi connectivity index (χ2n) is 7.00. The molecule has 12 heteroatoms. The van der Waals surface area contributed by atoms with Crippen LogP contribution in [-0.2, 0) is 20.0 Å². The standard InChI is InChI=1S/C22H17N3O6S2.Na/c23-17-11-10-14-12-16(33(29,30)31)13-19(26)21(14)22(17)25-24-18-8-4-5-9-20(18)32(27,28)15-6-2-1-3-7-15;/h1-13,26H,23H2,(H,29,30,31);. The Balaban J connectivity index is 0.00000324. The average Bonchev–Trinajstić information content (AvgIpc) is 2.78. The van der Waals surface area contributed by atoms with Crippen molar-refractivity contribution in [3.63, 3.8) is 0 Å². The van der Waals surface area contributed by atoms with Crippen LogP contribution in [0.5, 0.6) is 5.75 Å². The number of anilines is 1. The van der Waals surface area contributed by atoms with Crippen molar-refractivity contribution in [2.24, 2.45) is 10.2 Å². The Kier molecular flexibility index (Phi) is 7.46. The molecule has 9 nitrogen and oxygen atoms in total. The maximum Gasteiger partial charge on any atom is 0.294 e. The number of hydrogen-bond acceptors (Lipinski definition) is 8. The molecule has 4 aromatic rings. The number of nitrogens with zero attached hydrogens (tertiary/aromatic N) is 2. The molecule has 0 aromatic heterocycles. The van der Waals surface area contributed by atoms with E-state index in [9.17, 15) is 26.5 Å². The summed E-state index contributed by atoms with van der Waals surface area (Å²) in [6.07, 6.45) is 0. The summed E-state index contributed by atoms with van der Waals surface area (Å²) < 4.78 is 58.4. The third-order valence-electron chi connectivity index (χ3n) is 4.84. The first-order valence-electron chi connectivity index (χ1n) is 9.42. The molecular formula is C22H17N3NaO6S2. The molecule has 0 spiro atoms. The number of rotatable bonds is 5. The quantitative estimate of drug-likeness (QED) is 0.158. The van der Waals surface area contributed by atoms with Crippen LogP contribution >= 0.6 is 0 Å². The summed E-state index contributed by atoms with van der Waals surface area (Å²) >= 11 is 0. The van der Waals surface area contributed by atoms with E-state index in [0.717, 1.165) is 12.1 Å². The van der Waals surface area contributed by atoms with Crippen molar-refractivity contribution in [3.8, 4) is 5.75 Å². The van der Waals surface area contributed by atoms with E-state index < -0.39 is 30.6 Å². The summed E-state index contributed by atoms with van der Waals surface area (Å²) in [6, 6.07) is 18.8. The minimum atomic E-state index is -4.56. The fourth-order valence-electron chi connectivity index (χ4n) is 3.27. The zero-order valence-electron chi connectivity index (χ0n) is 17.8. The molecule has 0 saturated heterocycles. The Morgan fingerprint density at radius 2 is 1.41 bits per heavy atom. The van der Waals surface area contributed by atoms with Gasteiger partial charge in [0.15, 0.2) is 0 Å². The minimum absolute atomic E-state index is 0. The van der Waals surface area contributed by atoms with E-state index in [0.29, 0.717) is 0 Å². The van der Waals surface area contributed by atoms with E-state index in [2.05, 4.69) is 10.2 Å². The Labute approximate surface area is 217 Å². The topological polar surface area (TPSA) is 159 Å². The van der Waals surface area contributed by atoms with Gasteiger partial charge in [-0.05, 0) is 41.8 Å². The first-order valence-corrected chi connectivity index (χ1v) is 12.3. The van der Waals surface area contributed by atoms with Crippen LogP contribution in [-0.4, -0.2) is 56.1 Å². The Bertz CT molecular complexity index is 1620. The monoisotopic (exact) mass is 506 g/mol. The van der Waals surface area contributed by atoms with Gasteiger partial charge >= 0.3 is 0 Å². The van der Waals surface area contributed by atoms with Gasteiger partial charge in [0.2, 0.25) is 9.84 Å². The molecular weight excluding hydrogens is 489 g/mol. The second-order valence-corrected chi connectivity index (χ2v) is 10.3. The summed E-state index contributed by atoms with van der Waals surface area (Å²) in [5, 5.41) is 18.9.